The number of hydrogen-bond donors (Lipinski definition) is 0. The van der Waals surface area contributed by atoms with Crippen molar-refractivity contribution in [1.29, 1.82) is 0 Å². The molecule has 0 radical (unpaired) electrons. The second kappa shape index (κ2) is 7.00. The molecule has 136 valence electrons. The van der Waals surface area contributed by atoms with E-state index in [1.165, 1.54) is 0 Å². The van der Waals surface area contributed by atoms with Crippen LogP contribution in [0.1, 0.15) is 49.3 Å². The van der Waals surface area contributed by atoms with Gasteiger partial charge in [-0.25, -0.2) is 0 Å². The fraction of sp³-hybridized carbons (Fsp3) is 0.400. The van der Waals surface area contributed by atoms with Gasteiger partial charge < -0.3 is 9.80 Å². The van der Waals surface area contributed by atoms with E-state index in [0.29, 0.717) is 24.2 Å². The molecular weight excluding hydrogens is 364 g/mol. The number of unbranched alkanes of at least 4 members (excludes halogenated alkanes) is 2. The third-order valence-corrected chi connectivity index (χ3v) is 6.81. The second-order valence-corrected chi connectivity index (χ2v) is 8.47. The van der Waals surface area contributed by atoms with Crippen LogP contribution in [-0.2, 0) is 9.59 Å². The van der Waals surface area contributed by atoms with Crippen LogP contribution in [0.4, 0.5) is 11.4 Å². The van der Waals surface area contributed by atoms with Gasteiger partial charge in [0.1, 0.15) is 0 Å². The largest absolute Gasteiger partial charge is 0.307 e. The predicted molar refractivity (Wildman–Crippen MR) is 110 cm³/mol. The van der Waals surface area contributed by atoms with Gasteiger partial charge in [0.05, 0.1) is 32.3 Å². The Labute approximate surface area is 161 Å². The Morgan fingerprint density at radius 1 is 0.769 bits per heavy atom. The fourth-order valence-corrected chi connectivity index (χ4v) is 5.48. The number of nitrogens with zero attached hydrogens (tertiary/aromatic N) is 2. The Balaban J connectivity index is 1.82. The maximum Gasteiger partial charge on any atom is 0.260 e. The number of rotatable bonds is 6. The molecule has 0 saturated heterocycles. The lowest BCUT2D eigenvalue weighted by Crippen LogP contribution is -2.30. The molecule has 2 aromatic heterocycles. The third kappa shape index (κ3) is 2.55. The first-order valence-corrected chi connectivity index (χ1v) is 11.0. The molecule has 6 heteroatoms. The van der Waals surface area contributed by atoms with Crippen LogP contribution in [0.15, 0.2) is 22.9 Å². The maximum atomic E-state index is 13.2. The lowest BCUT2D eigenvalue weighted by molar-refractivity contribution is -0.114. The van der Waals surface area contributed by atoms with E-state index in [1.54, 1.807) is 22.7 Å². The lowest BCUT2D eigenvalue weighted by atomic mass is 10.1. The molecule has 0 unspecified atom stereocenters. The van der Waals surface area contributed by atoms with Crippen molar-refractivity contribution in [1.82, 2.24) is 0 Å². The minimum atomic E-state index is -0.0136. The van der Waals surface area contributed by atoms with Crippen LogP contribution in [0.25, 0.3) is 11.1 Å². The molecule has 0 N–H and O–H groups in total. The quantitative estimate of drug-likeness (QED) is 0.655. The molecule has 0 atom stereocenters. The van der Waals surface area contributed by atoms with Crippen LogP contribution in [0.2, 0.25) is 0 Å². The molecule has 0 aliphatic carbocycles. The summed E-state index contributed by atoms with van der Waals surface area (Å²) in [4.78, 5) is 32.1. The fourth-order valence-electron chi connectivity index (χ4n) is 3.60. The van der Waals surface area contributed by atoms with E-state index in [0.717, 1.165) is 46.8 Å². The van der Waals surface area contributed by atoms with Crippen molar-refractivity contribution in [2.45, 2.75) is 39.5 Å². The zero-order valence-electron chi connectivity index (χ0n) is 15.1. The van der Waals surface area contributed by atoms with Crippen LogP contribution >= 0.6 is 22.7 Å². The van der Waals surface area contributed by atoms with E-state index in [2.05, 4.69) is 13.8 Å². The minimum absolute atomic E-state index is 0.0136. The summed E-state index contributed by atoms with van der Waals surface area (Å²) < 4.78 is 0. The Bertz CT molecular complexity index is 821. The molecule has 2 aliphatic heterocycles. The van der Waals surface area contributed by atoms with E-state index in [4.69, 9.17) is 0 Å². The van der Waals surface area contributed by atoms with Gasteiger partial charge >= 0.3 is 0 Å². The predicted octanol–water partition coefficient (Wildman–Crippen LogP) is 5.01. The molecule has 26 heavy (non-hydrogen) atoms. The van der Waals surface area contributed by atoms with E-state index in [9.17, 15) is 9.59 Å². The van der Waals surface area contributed by atoms with Gasteiger partial charge in [-0.15, -0.1) is 22.7 Å². The van der Waals surface area contributed by atoms with Crippen molar-refractivity contribution >= 4 is 57.0 Å². The summed E-state index contributed by atoms with van der Waals surface area (Å²) in [6.07, 6.45) is 4.00. The van der Waals surface area contributed by atoms with E-state index < -0.39 is 0 Å². The number of thiophene rings is 2. The minimum Gasteiger partial charge on any atom is -0.307 e. The molecular formula is C20H22N2O2S2. The van der Waals surface area contributed by atoms with Crippen molar-refractivity contribution in [3.05, 3.63) is 32.6 Å². The Kier molecular flexibility index (Phi) is 4.71. The highest BCUT2D eigenvalue weighted by Crippen LogP contribution is 2.50. The van der Waals surface area contributed by atoms with Gasteiger partial charge in [0.2, 0.25) is 0 Å². The Hall–Kier alpha value is -1.92. The molecule has 0 spiro atoms. The highest BCUT2D eigenvalue weighted by molar-refractivity contribution is 7.14. The molecule has 4 heterocycles. The second-order valence-electron chi connectivity index (χ2n) is 6.64. The summed E-state index contributed by atoms with van der Waals surface area (Å²) in [6, 6.07) is 4.01. The molecule has 0 aromatic carbocycles. The molecule has 0 fully saturated rings. The molecule has 4 rings (SSSR count). The monoisotopic (exact) mass is 386 g/mol. The smallest absolute Gasteiger partial charge is 0.260 e. The SMILES string of the molecule is CCCCN1C(=O)C(=C2C(=O)N(CCCC)c3ccsc32)c2sccc21. The van der Waals surface area contributed by atoms with Gasteiger partial charge in [-0.05, 0) is 35.7 Å². The third-order valence-electron chi connectivity index (χ3n) is 4.96. The Morgan fingerprint density at radius 2 is 1.19 bits per heavy atom. The van der Waals surface area contributed by atoms with Gasteiger partial charge in [-0.1, -0.05) is 26.7 Å². The van der Waals surface area contributed by atoms with Crippen LogP contribution in [0.3, 0.4) is 0 Å². The molecule has 2 aliphatic rings. The average Bonchev–Trinajstić information content (AvgIpc) is 3.37. The number of carbonyl (C=O) groups is 2. The van der Waals surface area contributed by atoms with Gasteiger partial charge in [-0.2, -0.15) is 0 Å². The van der Waals surface area contributed by atoms with Crippen LogP contribution in [0.5, 0.6) is 0 Å². The molecule has 2 amide bonds. The molecule has 2 aromatic rings. The Morgan fingerprint density at radius 3 is 1.58 bits per heavy atom. The molecule has 4 nitrogen and oxygen atoms in total. The van der Waals surface area contributed by atoms with Gasteiger partial charge in [-0.3, -0.25) is 9.59 Å². The summed E-state index contributed by atoms with van der Waals surface area (Å²) in [5, 5.41) is 4.03. The van der Waals surface area contributed by atoms with E-state index >= 15 is 0 Å². The number of amides is 2. The zero-order chi connectivity index (χ0) is 18.3. The average molecular weight is 387 g/mol. The van der Waals surface area contributed by atoms with E-state index in [-0.39, 0.29) is 11.8 Å². The number of anilines is 2. The van der Waals surface area contributed by atoms with Crippen molar-refractivity contribution in [2.75, 3.05) is 22.9 Å². The summed E-state index contributed by atoms with van der Waals surface area (Å²) >= 11 is 3.12. The normalized spacial score (nSPS) is 18.8. The maximum absolute atomic E-state index is 13.2. The summed E-state index contributed by atoms with van der Waals surface area (Å²) in [6.45, 7) is 5.67. The number of carbonyl (C=O) groups excluding carboxylic acids is 2. The van der Waals surface area contributed by atoms with Crippen LogP contribution in [-0.4, -0.2) is 24.9 Å². The first kappa shape index (κ1) is 17.5. The lowest BCUT2D eigenvalue weighted by Gasteiger charge is -2.16. The molecule has 0 bridgehead atoms. The highest BCUT2D eigenvalue weighted by Gasteiger charge is 2.43. The number of fused-ring (bicyclic) bond motifs is 2. The topological polar surface area (TPSA) is 40.6 Å². The van der Waals surface area contributed by atoms with E-state index in [1.807, 2.05) is 32.7 Å². The standard InChI is InChI=1S/C20H22N2O2S2/c1-3-5-9-21-13-7-11-25-17(13)15(19(21)23)16-18-14(8-12-26-18)22(20(16)24)10-6-4-2/h7-8,11-12H,3-6,9-10H2,1-2H3. The van der Waals surface area contributed by atoms with Crippen LogP contribution < -0.4 is 9.80 Å². The summed E-state index contributed by atoms with van der Waals surface area (Å²) in [5.41, 5.74) is 3.15. The summed E-state index contributed by atoms with van der Waals surface area (Å²) in [5.74, 6) is -0.0271. The summed E-state index contributed by atoms with van der Waals surface area (Å²) in [7, 11) is 0. The first-order chi connectivity index (χ1) is 12.7. The highest BCUT2D eigenvalue weighted by atomic mass is 32.1. The van der Waals surface area contributed by atoms with Gasteiger partial charge in [0.25, 0.3) is 11.8 Å². The molecule has 0 saturated carbocycles. The zero-order valence-corrected chi connectivity index (χ0v) is 16.7. The van der Waals surface area contributed by atoms with Gasteiger partial charge in [0.15, 0.2) is 0 Å². The number of hydrogen-bond acceptors (Lipinski definition) is 4. The van der Waals surface area contributed by atoms with Crippen molar-refractivity contribution in [3.63, 3.8) is 0 Å². The van der Waals surface area contributed by atoms with Crippen molar-refractivity contribution in [2.24, 2.45) is 0 Å². The van der Waals surface area contributed by atoms with Crippen molar-refractivity contribution in [3.8, 4) is 0 Å². The van der Waals surface area contributed by atoms with Crippen molar-refractivity contribution < 1.29 is 9.59 Å². The van der Waals surface area contributed by atoms with Gasteiger partial charge in [0, 0.05) is 13.1 Å². The van der Waals surface area contributed by atoms with Crippen LogP contribution in [0, 0.1) is 0 Å². The first-order valence-electron chi connectivity index (χ1n) is 9.22.